The fourth-order valence-corrected chi connectivity index (χ4v) is 3.57. The van der Waals surface area contributed by atoms with Crippen molar-refractivity contribution in [3.63, 3.8) is 0 Å². The molecule has 2 saturated heterocycles. The summed E-state index contributed by atoms with van der Waals surface area (Å²) < 4.78 is 19.3. The van der Waals surface area contributed by atoms with E-state index in [1.165, 1.54) is 6.33 Å². The average Bonchev–Trinajstić information content (AvgIpc) is 3.30. The van der Waals surface area contributed by atoms with Crippen LogP contribution in [0.15, 0.2) is 29.2 Å². The second-order valence-corrected chi connectivity index (χ2v) is 6.77. The third kappa shape index (κ3) is 3.45. The lowest BCUT2D eigenvalue weighted by atomic mass is 10.00. The number of aromatic nitrogens is 3. The molecule has 8 nitrogen and oxygen atoms in total. The molecule has 1 spiro atoms. The van der Waals surface area contributed by atoms with Gasteiger partial charge in [0.1, 0.15) is 24.0 Å². The van der Waals surface area contributed by atoms with Crippen molar-refractivity contribution >= 4 is 5.91 Å². The van der Waals surface area contributed by atoms with Gasteiger partial charge in [-0.2, -0.15) is 5.10 Å². The van der Waals surface area contributed by atoms with Crippen molar-refractivity contribution in [2.45, 2.75) is 38.0 Å². The molecule has 8 heteroatoms. The number of hydrogen-bond donors (Lipinski definition) is 0. The summed E-state index contributed by atoms with van der Waals surface area (Å²) in [5.41, 5.74) is -0.459. The number of rotatable bonds is 3. The van der Waals surface area contributed by atoms with Gasteiger partial charge in [-0.1, -0.05) is 0 Å². The number of nitrogens with zero attached hydrogens (tertiary/aromatic N) is 4. The Hall–Kier alpha value is -2.19. The molecule has 0 saturated carbocycles. The van der Waals surface area contributed by atoms with E-state index in [9.17, 15) is 4.79 Å². The van der Waals surface area contributed by atoms with E-state index in [4.69, 9.17) is 13.9 Å². The Morgan fingerprint density at radius 2 is 2.36 bits per heavy atom. The maximum Gasteiger partial charge on any atom is 0.289 e. The minimum absolute atomic E-state index is 0.0474. The molecule has 2 atom stereocenters. The molecule has 0 bridgehead atoms. The Balaban J connectivity index is 1.45. The smallest absolute Gasteiger partial charge is 0.289 e. The van der Waals surface area contributed by atoms with Crippen molar-refractivity contribution < 1.29 is 18.7 Å². The van der Waals surface area contributed by atoms with Gasteiger partial charge in [0.2, 0.25) is 0 Å². The van der Waals surface area contributed by atoms with Crippen LogP contribution in [0.5, 0.6) is 0 Å². The Kier molecular flexibility index (Phi) is 4.30. The second kappa shape index (κ2) is 6.61. The van der Waals surface area contributed by atoms with Gasteiger partial charge in [0.15, 0.2) is 5.76 Å². The zero-order chi connectivity index (χ0) is 17.3. The number of furan rings is 1. The minimum atomic E-state index is -0.459. The summed E-state index contributed by atoms with van der Waals surface area (Å²) in [7, 11) is 0. The van der Waals surface area contributed by atoms with Crippen LogP contribution in [-0.4, -0.2) is 63.6 Å². The van der Waals surface area contributed by atoms with Crippen LogP contribution in [-0.2, 0) is 16.0 Å². The summed E-state index contributed by atoms with van der Waals surface area (Å²) in [5.74, 6) is 0.988. The molecule has 0 aromatic carbocycles. The zero-order valence-corrected chi connectivity index (χ0v) is 14.3. The van der Waals surface area contributed by atoms with Crippen LogP contribution >= 0.6 is 0 Å². The molecule has 4 heterocycles. The van der Waals surface area contributed by atoms with Crippen molar-refractivity contribution in [3.8, 4) is 0 Å². The molecular weight excluding hydrogens is 324 g/mol. The van der Waals surface area contributed by atoms with Gasteiger partial charge in [-0.25, -0.2) is 4.98 Å². The lowest BCUT2D eigenvalue weighted by molar-refractivity contribution is -0.0882. The number of hydrogen-bond acceptors (Lipinski definition) is 6. The van der Waals surface area contributed by atoms with Crippen LogP contribution in [0.25, 0.3) is 0 Å². The highest BCUT2D eigenvalue weighted by atomic mass is 16.6. The van der Waals surface area contributed by atoms with E-state index in [1.807, 2.05) is 6.92 Å². The summed E-state index contributed by atoms with van der Waals surface area (Å²) in [6, 6.07) is 3.52. The molecule has 0 unspecified atom stereocenters. The normalized spacial score (nSPS) is 26.9. The molecule has 25 heavy (non-hydrogen) atoms. The van der Waals surface area contributed by atoms with E-state index in [0.29, 0.717) is 38.6 Å². The average molecular weight is 346 g/mol. The molecule has 2 aromatic heterocycles. The van der Waals surface area contributed by atoms with Gasteiger partial charge in [-0.15, -0.1) is 0 Å². The summed E-state index contributed by atoms with van der Waals surface area (Å²) in [6.45, 7) is 4.55. The number of ether oxygens (including phenoxy) is 2. The summed E-state index contributed by atoms with van der Waals surface area (Å²) >= 11 is 0. The van der Waals surface area contributed by atoms with Gasteiger partial charge >= 0.3 is 0 Å². The summed E-state index contributed by atoms with van der Waals surface area (Å²) in [6.07, 6.45) is 5.02. The first-order valence-corrected chi connectivity index (χ1v) is 8.57. The molecule has 2 aromatic rings. The third-order valence-corrected chi connectivity index (χ3v) is 4.78. The number of amides is 1. The first-order chi connectivity index (χ1) is 12.1. The van der Waals surface area contributed by atoms with E-state index < -0.39 is 5.60 Å². The van der Waals surface area contributed by atoms with Crippen LogP contribution in [0.1, 0.15) is 29.2 Å². The van der Waals surface area contributed by atoms with E-state index >= 15 is 0 Å². The van der Waals surface area contributed by atoms with E-state index in [0.717, 1.165) is 18.6 Å². The molecule has 2 fully saturated rings. The highest BCUT2D eigenvalue weighted by molar-refractivity contribution is 5.91. The fraction of sp³-hybridized carbons (Fsp3) is 0.588. The molecule has 1 amide bonds. The Morgan fingerprint density at radius 1 is 1.44 bits per heavy atom. The Morgan fingerprint density at radius 3 is 3.12 bits per heavy atom. The van der Waals surface area contributed by atoms with E-state index in [-0.39, 0.29) is 12.0 Å². The SMILES string of the molecule is Cc1ccc(C(=O)N2CCOC[C@@]3(CC[C@H](Cn4cncn4)O3)C2)o1. The van der Waals surface area contributed by atoms with Gasteiger partial charge in [0.05, 0.1) is 32.4 Å². The number of aryl methyl sites for hydroxylation is 1. The van der Waals surface area contributed by atoms with Gasteiger partial charge < -0.3 is 18.8 Å². The van der Waals surface area contributed by atoms with Gasteiger partial charge in [0.25, 0.3) is 5.91 Å². The molecule has 0 N–H and O–H groups in total. The third-order valence-electron chi connectivity index (χ3n) is 4.78. The maximum absolute atomic E-state index is 12.7. The van der Waals surface area contributed by atoms with E-state index in [1.54, 1.807) is 28.0 Å². The van der Waals surface area contributed by atoms with Crippen molar-refractivity contribution in [2.24, 2.45) is 0 Å². The Labute approximate surface area is 145 Å². The quantitative estimate of drug-likeness (QED) is 0.832. The molecule has 2 aliphatic heterocycles. The van der Waals surface area contributed by atoms with Crippen molar-refractivity contribution in [1.29, 1.82) is 0 Å². The molecule has 4 rings (SSSR count). The van der Waals surface area contributed by atoms with E-state index in [2.05, 4.69) is 10.1 Å². The lowest BCUT2D eigenvalue weighted by Crippen LogP contribution is -2.46. The van der Waals surface area contributed by atoms with Gasteiger partial charge in [-0.05, 0) is 31.9 Å². The van der Waals surface area contributed by atoms with Crippen LogP contribution in [0, 0.1) is 6.92 Å². The van der Waals surface area contributed by atoms with Crippen molar-refractivity contribution in [3.05, 3.63) is 36.3 Å². The van der Waals surface area contributed by atoms with Gasteiger partial charge in [0, 0.05) is 6.54 Å². The number of carbonyl (C=O) groups excluding carboxylic acids is 1. The molecule has 2 aliphatic rings. The maximum atomic E-state index is 12.7. The fourth-order valence-electron chi connectivity index (χ4n) is 3.57. The molecule has 0 aliphatic carbocycles. The first-order valence-electron chi connectivity index (χ1n) is 8.57. The van der Waals surface area contributed by atoms with Crippen LogP contribution in [0.4, 0.5) is 0 Å². The monoisotopic (exact) mass is 346 g/mol. The Bertz CT molecular complexity index is 729. The molecular formula is C17H22N4O4. The van der Waals surface area contributed by atoms with Crippen LogP contribution < -0.4 is 0 Å². The predicted octanol–water partition coefficient (Wildman–Crippen LogP) is 1.27. The highest BCUT2D eigenvalue weighted by Crippen LogP contribution is 2.34. The van der Waals surface area contributed by atoms with Crippen molar-refractivity contribution in [2.75, 3.05) is 26.3 Å². The minimum Gasteiger partial charge on any atom is -0.456 e. The highest BCUT2D eigenvalue weighted by Gasteiger charge is 2.44. The summed E-state index contributed by atoms with van der Waals surface area (Å²) in [4.78, 5) is 18.5. The topological polar surface area (TPSA) is 82.6 Å². The van der Waals surface area contributed by atoms with Crippen molar-refractivity contribution in [1.82, 2.24) is 19.7 Å². The number of carbonyl (C=O) groups is 1. The van der Waals surface area contributed by atoms with Crippen LogP contribution in [0.3, 0.4) is 0 Å². The predicted molar refractivity (Wildman–Crippen MR) is 87.0 cm³/mol. The first kappa shape index (κ1) is 16.3. The molecule has 134 valence electrons. The second-order valence-electron chi connectivity index (χ2n) is 6.77. The zero-order valence-electron chi connectivity index (χ0n) is 14.3. The molecule has 0 radical (unpaired) electrons. The standard InChI is InChI=1S/C17H22N4O4/c1-13-2-3-15(24-13)16(22)20-6-7-23-10-17(9-20)5-4-14(25-17)8-21-12-18-11-19-21/h2-3,11-12,14H,4-10H2,1H3/t14-,17-/m1/s1. The van der Waals surface area contributed by atoms with Gasteiger partial charge in [-0.3, -0.25) is 9.48 Å². The van der Waals surface area contributed by atoms with Crippen LogP contribution in [0.2, 0.25) is 0 Å². The lowest BCUT2D eigenvalue weighted by Gasteiger charge is -2.31. The summed E-state index contributed by atoms with van der Waals surface area (Å²) in [5, 5.41) is 4.13. The largest absolute Gasteiger partial charge is 0.456 e.